The van der Waals surface area contributed by atoms with Gasteiger partial charge in [-0.25, -0.2) is 9.18 Å². The van der Waals surface area contributed by atoms with Gasteiger partial charge in [-0.3, -0.25) is 0 Å². The van der Waals surface area contributed by atoms with Crippen LogP contribution in [-0.4, -0.2) is 17.2 Å². The van der Waals surface area contributed by atoms with E-state index in [2.05, 4.69) is 6.92 Å². The molecule has 0 radical (unpaired) electrons. The molecule has 1 aromatic carbocycles. The number of cyclic esters (lactones) is 1. The average molecular weight is 431 g/mol. The van der Waals surface area contributed by atoms with Gasteiger partial charge in [0.1, 0.15) is 11.9 Å². The Labute approximate surface area is 186 Å². The van der Waals surface area contributed by atoms with Crippen molar-refractivity contribution in [2.24, 2.45) is 23.7 Å². The van der Waals surface area contributed by atoms with E-state index in [9.17, 15) is 14.3 Å². The van der Waals surface area contributed by atoms with Crippen LogP contribution in [0.3, 0.4) is 0 Å². The molecule has 0 saturated heterocycles. The van der Waals surface area contributed by atoms with Crippen molar-refractivity contribution >= 4 is 5.97 Å². The van der Waals surface area contributed by atoms with Gasteiger partial charge in [0, 0.05) is 12.0 Å². The molecule has 4 heteroatoms. The van der Waals surface area contributed by atoms with Gasteiger partial charge in [0.2, 0.25) is 0 Å². The number of carbonyl (C=O) groups excluding carboxylic acids is 1. The van der Waals surface area contributed by atoms with Gasteiger partial charge in [-0.2, -0.15) is 0 Å². The largest absolute Gasteiger partial charge is 0.458 e. The number of ether oxygens (including phenoxy) is 1. The molecule has 0 spiro atoms. The minimum atomic E-state index is -0.615. The number of benzene rings is 1. The number of hydrogen-bond acceptors (Lipinski definition) is 3. The van der Waals surface area contributed by atoms with Crippen molar-refractivity contribution in [3.8, 4) is 0 Å². The molecule has 1 unspecified atom stereocenters. The summed E-state index contributed by atoms with van der Waals surface area (Å²) in [6, 6.07) is 3.38. The zero-order valence-electron chi connectivity index (χ0n) is 19.1. The van der Waals surface area contributed by atoms with E-state index in [0.29, 0.717) is 12.3 Å². The fraction of sp³-hybridized carbons (Fsp3) is 0.741. The molecular formula is C27H39FO3. The third-order valence-corrected chi connectivity index (χ3v) is 8.43. The van der Waals surface area contributed by atoms with Gasteiger partial charge in [-0.15, -0.1) is 0 Å². The number of carbonyl (C=O) groups is 1. The van der Waals surface area contributed by atoms with E-state index < -0.39 is 18.4 Å². The van der Waals surface area contributed by atoms with E-state index >= 15 is 0 Å². The molecule has 1 heterocycles. The van der Waals surface area contributed by atoms with E-state index in [1.807, 2.05) is 0 Å². The van der Waals surface area contributed by atoms with Crippen molar-refractivity contribution in [1.29, 1.82) is 0 Å². The van der Waals surface area contributed by atoms with Crippen LogP contribution in [0.1, 0.15) is 105 Å². The molecule has 0 bridgehead atoms. The summed E-state index contributed by atoms with van der Waals surface area (Å²) in [7, 11) is 0. The van der Waals surface area contributed by atoms with Crippen LogP contribution >= 0.6 is 0 Å². The van der Waals surface area contributed by atoms with Crippen LogP contribution in [0.25, 0.3) is 0 Å². The second-order valence-corrected chi connectivity index (χ2v) is 10.4. The minimum Gasteiger partial charge on any atom is -0.458 e. The van der Waals surface area contributed by atoms with Crippen LogP contribution < -0.4 is 0 Å². The first-order chi connectivity index (χ1) is 15.1. The quantitative estimate of drug-likeness (QED) is 0.496. The Hall–Kier alpha value is -1.42. The maximum Gasteiger partial charge on any atom is 0.341 e. The van der Waals surface area contributed by atoms with Crippen LogP contribution in [0.4, 0.5) is 4.39 Å². The molecule has 3 aliphatic rings. The summed E-state index contributed by atoms with van der Waals surface area (Å²) in [5.41, 5.74) is 0.926. The fourth-order valence-electron chi connectivity index (χ4n) is 6.43. The number of rotatable bonds is 7. The molecule has 2 fully saturated rings. The van der Waals surface area contributed by atoms with Gasteiger partial charge < -0.3 is 9.84 Å². The summed E-state index contributed by atoms with van der Waals surface area (Å²) in [6.07, 6.45) is 16.4. The Morgan fingerprint density at radius 2 is 1.52 bits per heavy atom. The predicted molar refractivity (Wildman–Crippen MR) is 120 cm³/mol. The van der Waals surface area contributed by atoms with Gasteiger partial charge in [-0.05, 0) is 42.1 Å². The van der Waals surface area contributed by atoms with Crippen molar-refractivity contribution in [2.75, 3.05) is 0 Å². The molecule has 1 N–H and O–H groups in total. The Kier molecular flexibility index (Phi) is 7.68. The summed E-state index contributed by atoms with van der Waals surface area (Å²) in [5.74, 6) is 1.97. The summed E-state index contributed by atoms with van der Waals surface area (Å²) in [6.45, 7) is 1.90. The summed E-state index contributed by atoms with van der Waals surface area (Å²) >= 11 is 0. The first-order valence-electron chi connectivity index (χ1n) is 12.7. The first-order valence-corrected chi connectivity index (χ1v) is 12.7. The predicted octanol–water partition coefficient (Wildman–Crippen LogP) is 6.59. The summed E-state index contributed by atoms with van der Waals surface area (Å²) < 4.78 is 20.2. The lowest BCUT2D eigenvalue weighted by Crippen LogP contribution is -2.36. The normalized spacial score (nSPS) is 31.2. The highest BCUT2D eigenvalue weighted by Gasteiger charge is 2.36. The minimum absolute atomic E-state index is 0.0325. The topological polar surface area (TPSA) is 46.5 Å². The number of halogens is 1. The van der Waals surface area contributed by atoms with E-state index in [4.69, 9.17) is 4.74 Å². The smallest absolute Gasteiger partial charge is 0.341 e. The number of esters is 1. The maximum absolute atomic E-state index is 14.5. The third-order valence-electron chi connectivity index (χ3n) is 8.43. The lowest BCUT2D eigenvalue weighted by Gasteiger charge is -2.36. The second-order valence-electron chi connectivity index (χ2n) is 10.4. The highest BCUT2D eigenvalue weighted by atomic mass is 19.1. The molecule has 31 heavy (non-hydrogen) atoms. The summed E-state index contributed by atoms with van der Waals surface area (Å²) in [5, 5.41) is 9.25. The SMILES string of the molecule is CCCC1CCC(CCC2CCC(C3Cc4ccc(CO)c(F)c4C(=O)O3)CC2)CC1. The highest BCUT2D eigenvalue weighted by molar-refractivity contribution is 5.92. The van der Waals surface area contributed by atoms with Crippen LogP contribution in [0.15, 0.2) is 12.1 Å². The van der Waals surface area contributed by atoms with Gasteiger partial charge in [-0.1, -0.05) is 83.3 Å². The maximum atomic E-state index is 14.5. The number of aliphatic hydroxyl groups is 1. The van der Waals surface area contributed by atoms with Gasteiger partial charge >= 0.3 is 5.97 Å². The average Bonchev–Trinajstić information content (AvgIpc) is 2.79. The van der Waals surface area contributed by atoms with E-state index in [-0.39, 0.29) is 17.2 Å². The van der Waals surface area contributed by atoms with Crippen molar-refractivity contribution < 1.29 is 19.0 Å². The molecule has 1 aliphatic heterocycles. The van der Waals surface area contributed by atoms with Crippen molar-refractivity contribution in [3.05, 3.63) is 34.6 Å². The number of aliphatic hydroxyl groups excluding tert-OH is 1. The second kappa shape index (κ2) is 10.5. The van der Waals surface area contributed by atoms with Gasteiger partial charge in [0.05, 0.1) is 12.2 Å². The zero-order valence-corrected chi connectivity index (χ0v) is 19.1. The molecule has 0 aromatic heterocycles. The fourth-order valence-corrected chi connectivity index (χ4v) is 6.43. The lowest BCUT2D eigenvalue weighted by molar-refractivity contribution is -0.00118. The molecule has 4 rings (SSSR count). The highest BCUT2D eigenvalue weighted by Crippen LogP contribution is 2.40. The summed E-state index contributed by atoms with van der Waals surface area (Å²) in [4.78, 5) is 12.5. The zero-order chi connectivity index (χ0) is 21.8. The molecule has 0 amide bonds. The monoisotopic (exact) mass is 430 g/mol. The van der Waals surface area contributed by atoms with Crippen LogP contribution in [-0.2, 0) is 17.8 Å². The third kappa shape index (κ3) is 5.32. The molecule has 2 aliphatic carbocycles. The van der Waals surface area contributed by atoms with E-state index in [0.717, 1.165) is 36.2 Å². The molecular weight excluding hydrogens is 391 g/mol. The molecule has 2 saturated carbocycles. The van der Waals surface area contributed by atoms with Gasteiger partial charge in [0.15, 0.2) is 0 Å². The van der Waals surface area contributed by atoms with Gasteiger partial charge in [0.25, 0.3) is 0 Å². The van der Waals surface area contributed by atoms with Crippen molar-refractivity contribution in [1.82, 2.24) is 0 Å². The van der Waals surface area contributed by atoms with Crippen molar-refractivity contribution in [2.45, 2.75) is 103 Å². The van der Waals surface area contributed by atoms with E-state index in [1.165, 1.54) is 64.2 Å². The molecule has 172 valence electrons. The lowest BCUT2D eigenvalue weighted by atomic mass is 9.73. The van der Waals surface area contributed by atoms with Crippen molar-refractivity contribution in [3.63, 3.8) is 0 Å². The van der Waals surface area contributed by atoms with Crippen LogP contribution in [0, 0.1) is 29.5 Å². The molecule has 1 atom stereocenters. The van der Waals surface area contributed by atoms with E-state index in [1.54, 1.807) is 12.1 Å². The van der Waals surface area contributed by atoms with Crippen LogP contribution in [0.2, 0.25) is 0 Å². The number of fused-ring (bicyclic) bond motifs is 1. The number of hydrogen-bond donors (Lipinski definition) is 1. The molecule has 1 aromatic rings. The Bertz CT molecular complexity index is 745. The van der Waals surface area contributed by atoms with Crippen LogP contribution in [0.5, 0.6) is 0 Å². The Morgan fingerprint density at radius 1 is 0.935 bits per heavy atom. The Morgan fingerprint density at radius 3 is 2.10 bits per heavy atom. The Balaban J connectivity index is 1.23. The molecule has 3 nitrogen and oxygen atoms in total. The standard InChI is InChI=1S/C27H39FO3/c1-2-3-18-4-6-19(7-5-18)8-9-20-10-12-21(13-11-20)24-16-22-14-15-23(17-29)26(28)25(22)27(30)31-24/h14-15,18-21,24,29H,2-13,16-17H2,1H3. The first kappa shape index (κ1) is 22.8.